The van der Waals surface area contributed by atoms with E-state index in [1.165, 1.54) is 35.3 Å². The minimum absolute atomic E-state index is 0.000993. The normalized spacial score (nSPS) is 18.1. The molecule has 1 unspecified atom stereocenters. The first-order valence-electron chi connectivity index (χ1n) is 9.49. The lowest BCUT2D eigenvalue weighted by Crippen LogP contribution is -2.40. The van der Waals surface area contributed by atoms with Crippen LogP contribution in [0.5, 0.6) is 0 Å². The van der Waals surface area contributed by atoms with Crippen LogP contribution >= 0.6 is 11.3 Å². The lowest BCUT2D eigenvalue weighted by atomic mass is 10.0. The summed E-state index contributed by atoms with van der Waals surface area (Å²) in [7, 11) is 0. The van der Waals surface area contributed by atoms with Gasteiger partial charge in [0.2, 0.25) is 0 Å². The number of hydrogen-bond donors (Lipinski definition) is 1. The molecule has 1 saturated heterocycles. The molecule has 1 fully saturated rings. The van der Waals surface area contributed by atoms with E-state index in [0.717, 1.165) is 46.7 Å². The predicted molar refractivity (Wildman–Crippen MR) is 109 cm³/mol. The fraction of sp³-hybridized carbons (Fsp3) is 0.524. The highest BCUT2D eigenvalue weighted by Gasteiger charge is 2.19. The molecule has 1 aromatic carbocycles. The summed E-state index contributed by atoms with van der Waals surface area (Å²) in [6.45, 7) is 12.3. The molecule has 0 spiro atoms. The Labute approximate surface area is 160 Å². The van der Waals surface area contributed by atoms with Crippen molar-refractivity contribution in [1.82, 2.24) is 15.2 Å². The molecule has 1 atom stereocenters. The Bertz CT molecular complexity index is 784. The zero-order valence-electron chi connectivity index (χ0n) is 16.3. The molecular formula is C21H29N3OS. The number of thiazole rings is 1. The summed E-state index contributed by atoms with van der Waals surface area (Å²) in [5.41, 5.74) is 4.37. The van der Waals surface area contributed by atoms with Crippen molar-refractivity contribution in [2.75, 3.05) is 26.2 Å². The molecule has 26 heavy (non-hydrogen) atoms. The number of benzene rings is 1. The summed E-state index contributed by atoms with van der Waals surface area (Å²) in [6, 6.07) is 6.35. The molecule has 1 aliphatic rings. The van der Waals surface area contributed by atoms with Gasteiger partial charge in [0.15, 0.2) is 0 Å². The number of amides is 1. The van der Waals surface area contributed by atoms with Gasteiger partial charge in [-0.15, -0.1) is 11.3 Å². The number of likely N-dealkylation sites (tertiary alicyclic amines) is 1. The van der Waals surface area contributed by atoms with Crippen molar-refractivity contribution >= 4 is 17.2 Å². The zero-order chi connectivity index (χ0) is 18.7. The van der Waals surface area contributed by atoms with Crippen molar-refractivity contribution in [3.8, 4) is 10.6 Å². The maximum atomic E-state index is 12.6. The van der Waals surface area contributed by atoms with Gasteiger partial charge in [-0.05, 0) is 51.6 Å². The van der Waals surface area contributed by atoms with Crippen LogP contribution in [0.3, 0.4) is 0 Å². The third-order valence-electron chi connectivity index (χ3n) is 5.07. The Morgan fingerprint density at radius 1 is 1.35 bits per heavy atom. The van der Waals surface area contributed by atoms with E-state index in [4.69, 9.17) is 0 Å². The first-order chi connectivity index (χ1) is 12.4. The van der Waals surface area contributed by atoms with Crippen molar-refractivity contribution in [2.45, 2.75) is 40.5 Å². The van der Waals surface area contributed by atoms with Crippen molar-refractivity contribution < 1.29 is 4.79 Å². The van der Waals surface area contributed by atoms with Crippen molar-refractivity contribution in [2.24, 2.45) is 5.92 Å². The molecule has 4 nitrogen and oxygen atoms in total. The SMILES string of the molecule is Cc1ccc(-c2nc(C)c(C(=O)NCCN3CCCC(C)C3)s2)c(C)c1. The van der Waals surface area contributed by atoms with E-state index >= 15 is 0 Å². The molecule has 2 aromatic rings. The molecule has 3 rings (SSSR count). The molecule has 0 aliphatic carbocycles. The fourth-order valence-electron chi connectivity index (χ4n) is 3.67. The van der Waals surface area contributed by atoms with Crippen LogP contribution in [-0.4, -0.2) is 42.0 Å². The van der Waals surface area contributed by atoms with Crippen LogP contribution < -0.4 is 5.32 Å². The van der Waals surface area contributed by atoms with Crippen LogP contribution in [0.2, 0.25) is 0 Å². The van der Waals surface area contributed by atoms with Gasteiger partial charge in [0.25, 0.3) is 5.91 Å². The third kappa shape index (κ3) is 4.51. The number of hydrogen-bond acceptors (Lipinski definition) is 4. The van der Waals surface area contributed by atoms with Crippen molar-refractivity contribution in [3.05, 3.63) is 39.9 Å². The maximum Gasteiger partial charge on any atom is 0.263 e. The van der Waals surface area contributed by atoms with Gasteiger partial charge in [0.05, 0.1) is 5.69 Å². The van der Waals surface area contributed by atoms with Gasteiger partial charge in [0.1, 0.15) is 9.88 Å². The third-order valence-corrected chi connectivity index (χ3v) is 6.26. The van der Waals surface area contributed by atoms with E-state index in [2.05, 4.69) is 54.2 Å². The average Bonchev–Trinajstić information content (AvgIpc) is 2.96. The minimum atomic E-state index is 0.000993. The summed E-state index contributed by atoms with van der Waals surface area (Å²) >= 11 is 1.49. The second-order valence-corrected chi connectivity index (χ2v) is 8.55. The molecule has 5 heteroatoms. The smallest absolute Gasteiger partial charge is 0.263 e. The van der Waals surface area contributed by atoms with Gasteiger partial charge >= 0.3 is 0 Å². The molecule has 1 aromatic heterocycles. The highest BCUT2D eigenvalue weighted by Crippen LogP contribution is 2.30. The molecule has 0 saturated carbocycles. The van der Waals surface area contributed by atoms with Crippen LogP contribution in [0.25, 0.3) is 10.6 Å². The van der Waals surface area contributed by atoms with E-state index in [9.17, 15) is 4.79 Å². The van der Waals surface area contributed by atoms with Crippen molar-refractivity contribution in [1.29, 1.82) is 0 Å². The lowest BCUT2D eigenvalue weighted by Gasteiger charge is -2.30. The summed E-state index contributed by atoms with van der Waals surface area (Å²) in [6.07, 6.45) is 2.59. The van der Waals surface area contributed by atoms with Crippen LogP contribution in [0.15, 0.2) is 18.2 Å². The number of nitrogens with zero attached hydrogens (tertiary/aromatic N) is 2. The Morgan fingerprint density at radius 2 is 2.15 bits per heavy atom. The summed E-state index contributed by atoms with van der Waals surface area (Å²) < 4.78 is 0. The molecule has 140 valence electrons. The number of nitrogens with one attached hydrogen (secondary N) is 1. The van der Waals surface area contributed by atoms with Crippen LogP contribution in [0.1, 0.15) is 46.3 Å². The monoisotopic (exact) mass is 371 g/mol. The second kappa shape index (κ2) is 8.31. The molecule has 2 heterocycles. The summed E-state index contributed by atoms with van der Waals surface area (Å²) in [4.78, 5) is 20.4. The number of piperidine rings is 1. The highest BCUT2D eigenvalue weighted by atomic mass is 32.1. The molecule has 1 N–H and O–H groups in total. The van der Waals surface area contributed by atoms with E-state index in [1.807, 2.05) is 6.92 Å². The Kier molecular flexibility index (Phi) is 6.09. The number of carbonyl (C=O) groups excluding carboxylic acids is 1. The summed E-state index contributed by atoms with van der Waals surface area (Å²) in [5.74, 6) is 0.768. The molecule has 0 bridgehead atoms. The lowest BCUT2D eigenvalue weighted by molar-refractivity contribution is 0.0947. The van der Waals surface area contributed by atoms with E-state index < -0.39 is 0 Å². The van der Waals surface area contributed by atoms with Crippen LogP contribution in [0, 0.1) is 26.7 Å². The molecule has 1 aliphatic heterocycles. The van der Waals surface area contributed by atoms with E-state index in [0.29, 0.717) is 6.54 Å². The summed E-state index contributed by atoms with van der Waals surface area (Å²) in [5, 5.41) is 4.01. The Morgan fingerprint density at radius 3 is 2.88 bits per heavy atom. The van der Waals surface area contributed by atoms with Gasteiger partial charge in [-0.25, -0.2) is 4.98 Å². The van der Waals surface area contributed by atoms with Crippen molar-refractivity contribution in [3.63, 3.8) is 0 Å². The number of carbonyl (C=O) groups is 1. The van der Waals surface area contributed by atoms with Crippen LogP contribution in [-0.2, 0) is 0 Å². The standard InChI is InChI=1S/C21H29N3OS/c1-14-7-8-18(16(3)12-14)21-23-17(4)19(26-21)20(25)22-9-11-24-10-5-6-15(2)13-24/h7-8,12,15H,5-6,9-11,13H2,1-4H3,(H,22,25). The molecule has 0 radical (unpaired) electrons. The first kappa shape index (κ1) is 19.1. The minimum Gasteiger partial charge on any atom is -0.350 e. The highest BCUT2D eigenvalue weighted by molar-refractivity contribution is 7.17. The first-order valence-corrected chi connectivity index (χ1v) is 10.3. The topological polar surface area (TPSA) is 45.2 Å². The fourth-order valence-corrected chi connectivity index (χ4v) is 4.75. The predicted octanol–water partition coefficient (Wildman–Crippen LogP) is 4.20. The van der Waals surface area contributed by atoms with Crippen LogP contribution in [0.4, 0.5) is 0 Å². The largest absolute Gasteiger partial charge is 0.350 e. The quantitative estimate of drug-likeness (QED) is 0.857. The number of aryl methyl sites for hydroxylation is 3. The van der Waals surface area contributed by atoms with Gasteiger partial charge in [-0.1, -0.05) is 30.7 Å². The second-order valence-electron chi connectivity index (χ2n) is 7.56. The maximum absolute atomic E-state index is 12.6. The Balaban J connectivity index is 1.62. The number of aromatic nitrogens is 1. The van der Waals surface area contributed by atoms with Gasteiger partial charge < -0.3 is 10.2 Å². The van der Waals surface area contributed by atoms with Gasteiger partial charge in [-0.3, -0.25) is 4.79 Å². The number of rotatable bonds is 5. The molecular weight excluding hydrogens is 342 g/mol. The Hall–Kier alpha value is -1.72. The van der Waals surface area contributed by atoms with Gasteiger partial charge in [-0.2, -0.15) is 0 Å². The van der Waals surface area contributed by atoms with E-state index in [-0.39, 0.29) is 5.91 Å². The van der Waals surface area contributed by atoms with E-state index in [1.54, 1.807) is 0 Å². The molecule has 1 amide bonds. The van der Waals surface area contributed by atoms with Gasteiger partial charge in [0, 0.05) is 25.2 Å². The zero-order valence-corrected chi connectivity index (χ0v) is 17.1. The average molecular weight is 372 g/mol.